The summed E-state index contributed by atoms with van der Waals surface area (Å²) in [5, 5.41) is 8.09. The molecular formula is C70H108ClF3N12O12. The van der Waals surface area contributed by atoms with Gasteiger partial charge in [0.25, 0.3) is 0 Å². The molecule has 0 bridgehead atoms. The molecule has 2 aliphatic carbocycles. The zero-order valence-electron chi connectivity index (χ0n) is 59.7. The summed E-state index contributed by atoms with van der Waals surface area (Å²) < 4.78 is 41.5. The Morgan fingerprint density at radius 1 is 0.622 bits per heavy atom. The predicted octanol–water partition coefficient (Wildman–Crippen LogP) is 5.64. The van der Waals surface area contributed by atoms with E-state index < -0.39 is 167 Å². The number of carbonyl (C=O) groups is 12. The number of alkyl halides is 3. The van der Waals surface area contributed by atoms with Crippen LogP contribution in [-0.4, -0.2) is 251 Å². The Labute approximate surface area is 581 Å². The van der Waals surface area contributed by atoms with E-state index in [4.69, 9.17) is 11.6 Å². The highest BCUT2D eigenvalue weighted by Gasteiger charge is 2.50. The fraction of sp³-hybridized carbons (Fsp3) is 0.743. The summed E-state index contributed by atoms with van der Waals surface area (Å²) in [6, 6.07) is -5.59. The number of likely N-dealkylation sites (N-methyl/N-ethyl adjacent to an activating group) is 7. The summed E-state index contributed by atoms with van der Waals surface area (Å²) in [6.07, 6.45) is 4.03. The normalized spacial score (nSPS) is 26.1. The lowest BCUT2D eigenvalue weighted by Crippen LogP contribution is -2.64. The highest BCUT2D eigenvalue weighted by molar-refractivity contribution is 6.31. The van der Waals surface area contributed by atoms with Crippen LogP contribution in [0.15, 0.2) is 18.2 Å². The SMILES string of the molecule is CCC[C@H]1C(=O)N(C)[C@H](C(=O)N2CCCCC2)CC(=O)N(C)[C@@H](CC(C)C)C(=O)N[C@@H]([C@@H](C)CC)C(=O)N(C)CC(=O)N(C)CC(=O)N(C)[C@@H](CC2CCCCC2)C(=O)N(C)CC(=O)N[C@@H](CCc2ccc(C(F)(F)F)c(Cl)c2)C(=O)N2CCCC2C(=O)NC2(CCCC2)C(=O)N1C. The molecule has 1 spiro atoms. The second-order valence-corrected chi connectivity index (χ2v) is 29.0. The van der Waals surface area contributed by atoms with E-state index in [0.717, 1.165) is 65.4 Å². The van der Waals surface area contributed by atoms with Gasteiger partial charge in [0.1, 0.15) is 47.8 Å². The van der Waals surface area contributed by atoms with Gasteiger partial charge in [-0.05, 0) is 112 Å². The van der Waals surface area contributed by atoms with Crippen molar-refractivity contribution in [3.8, 4) is 0 Å². The van der Waals surface area contributed by atoms with Crippen LogP contribution in [-0.2, 0) is 70.1 Å². The first-order chi connectivity index (χ1) is 46.2. The van der Waals surface area contributed by atoms with E-state index in [9.17, 15) is 56.3 Å². The molecule has 1 aromatic rings. The summed E-state index contributed by atoms with van der Waals surface area (Å²) in [7, 11) is 9.87. The molecule has 548 valence electrons. The first-order valence-corrected chi connectivity index (χ1v) is 35.7. The molecule has 98 heavy (non-hydrogen) atoms. The number of amides is 12. The van der Waals surface area contributed by atoms with Crippen molar-refractivity contribution in [2.75, 3.05) is 88.6 Å². The molecule has 5 fully saturated rings. The average molecular weight is 1400 g/mol. The number of likely N-dealkylation sites (tertiary alicyclic amines) is 1. The number of aryl methyl sites for hydroxylation is 1. The van der Waals surface area contributed by atoms with Crippen LogP contribution >= 0.6 is 11.6 Å². The quantitative estimate of drug-likeness (QED) is 0.229. The van der Waals surface area contributed by atoms with E-state index in [2.05, 4.69) is 16.0 Å². The maximum Gasteiger partial charge on any atom is 0.417 e. The number of nitrogens with zero attached hydrogens (tertiary/aromatic N) is 9. The Hall–Kier alpha value is -7.06. The van der Waals surface area contributed by atoms with Crippen molar-refractivity contribution in [2.24, 2.45) is 17.8 Å². The van der Waals surface area contributed by atoms with Gasteiger partial charge in [0, 0.05) is 69.0 Å². The van der Waals surface area contributed by atoms with E-state index in [1.54, 1.807) is 11.8 Å². The van der Waals surface area contributed by atoms with Crippen LogP contribution in [0, 0.1) is 17.8 Å². The third-order valence-electron chi connectivity index (χ3n) is 20.9. The summed E-state index contributed by atoms with van der Waals surface area (Å²) in [4.78, 5) is 189. The third-order valence-corrected chi connectivity index (χ3v) is 21.2. The number of hydrogen-bond donors (Lipinski definition) is 3. The van der Waals surface area contributed by atoms with Gasteiger partial charge in [-0.25, -0.2) is 0 Å². The van der Waals surface area contributed by atoms with E-state index in [1.165, 1.54) is 79.9 Å². The molecule has 3 aliphatic heterocycles. The molecule has 1 unspecified atom stereocenters. The highest BCUT2D eigenvalue weighted by Crippen LogP contribution is 2.37. The number of fused-ring (bicyclic) bond motifs is 1. The Balaban J connectivity index is 1.41. The van der Waals surface area contributed by atoms with Crippen molar-refractivity contribution in [1.82, 2.24) is 60.0 Å². The second-order valence-electron chi connectivity index (χ2n) is 28.6. The Bertz CT molecular complexity index is 3030. The number of piperidine rings is 1. The number of carbonyl (C=O) groups excluding carboxylic acids is 12. The number of halogens is 4. The van der Waals surface area contributed by atoms with Crippen molar-refractivity contribution >= 4 is 82.5 Å². The van der Waals surface area contributed by atoms with Crippen LogP contribution in [0.4, 0.5) is 13.2 Å². The van der Waals surface area contributed by atoms with Gasteiger partial charge >= 0.3 is 6.18 Å². The zero-order chi connectivity index (χ0) is 72.7. The van der Waals surface area contributed by atoms with E-state index in [0.29, 0.717) is 63.6 Å². The van der Waals surface area contributed by atoms with Gasteiger partial charge in [-0.1, -0.05) is 110 Å². The Kier molecular flexibility index (Phi) is 29.2. The summed E-state index contributed by atoms with van der Waals surface area (Å²) >= 11 is 6.14. The molecule has 0 radical (unpaired) electrons. The summed E-state index contributed by atoms with van der Waals surface area (Å²) in [5.41, 5.74) is -2.34. The molecule has 8 atom stereocenters. The van der Waals surface area contributed by atoms with Gasteiger partial charge in [-0.15, -0.1) is 0 Å². The van der Waals surface area contributed by atoms with Gasteiger partial charge < -0.3 is 60.0 Å². The molecule has 3 heterocycles. The average Bonchev–Trinajstić information content (AvgIpc) is 1.58. The van der Waals surface area contributed by atoms with Crippen LogP contribution in [0.2, 0.25) is 5.02 Å². The van der Waals surface area contributed by atoms with Crippen molar-refractivity contribution < 1.29 is 70.7 Å². The number of hydrogen-bond acceptors (Lipinski definition) is 12. The fourth-order valence-electron chi connectivity index (χ4n) is 14.5. The predicted molar refractivity (Wildman–Crippen MR) is 362 cm³/mol. The van der Waals surface area contributed by atoms with E-state index >= 15 is 14.4 Å². The first-order valence-electron chi connectivity index (χ1n) is 35.3. The van der Waals surface area contributed by atoms with Crippen molar-refractivity contribution in [1.29, 1.82) is 0 Å². The molecule has 5 aliphatic rings. The van der Waals surface area contributed by atoms with Gasteiger partial charge in [-0.2, -0.15) is 13.2 Å². The van der Waals surface area contributed by atoms with Crippen molar-refractivity contribution in [2.45, 2.75) is 230 Å². The van der Waals surface area contributed by atoms with Gasteiger partial charge in [0.05, 0.1) is 36.6 Å². The molecule has 0 aromatic heterocycles. The van der Waals surface area contributed by atoms with Gasteiger partial charge in [0.2, 0.25) is 70.9 Å². The lowest BCUT2D eigenvalue weighted by molar-refractivity contribution is -0.155. The molecule has 6 rings (SSSR count). The van der Waals surface area contributed by atoms with E-state index in [1.807, 2.05) is 27.7 Å². The second kappa shape index (κ2) is 35.8. The highest BCUT2D eigenvalue weighted by atomic mass is 35.5. The Morgan fingerprint density at radius 2 is 1.23 bits per heavy atom. The largest absolute Gasteiger partial charge is 0.417 e. The number of nitrogens with one attached hydrogen (secondary N) is 3. The molecule has 28 heteroatoms. The van der Waals surface area contributed by atoms with Crippen molar-refractivity contribution in [3.05, 3.63) is 34.3 Å². The first kappa shape index (κ1) is 79.9. The molecule has 12 amide bonds. The smallest absolute Gasteiger partial charge is 0.343 e. The minimum atomic E-state index is -4.76. The molecule has 1 aromatic carbocycles. The van der Waals surface area contributed by atoms with Crippen LogP contribution in [0.5, 0.6) is 0 Å². The fourth-order valence-corrected chi connectivity index (χ4v) is 14.8. The summed E-state index contributed by atoms with van der Waals surface area (Å²) in [6.45, 7) is 8.23. The Morgan fingerprint density at radius 3 is 1.84 bits per heavy atom. The lowest BCUT2D eigenvalue weighted by atomic mass is 9.84. The molecule has 3 N–H and O–H groups in total. The molecule has 24 nitrogen and oxygen atoms in total. The number of rotatable bonds is 12. The topological polar surface area (TPSA) is 270 Å². The maximum absolute atomic E-state index is 15.4. The standard InChI is InChI=1S/C70H108ClF3N12O12/c1-13-24-52-65(95)83(11)55(66(96)85-34-21-16-22-35-85)40-57(88)81(9)53(37-44(3)4)61(91)76-60(45(5)14-2)67(97)80(8)42-58(89)78(6)43-59(90)82(10)54(39-46-25-17-15-18-26-46)64(94)79(7)41-56(87)75-50(31-29-47-28-30-48(49(71)38-47)70(72,73)74)63(93)86-36-23-27-51(86)62(92)77-69(32-19-20-33-69)68(98)84(52)12/h28,30,38,44-46,50-55,60H,13-27,29,31-37,39-43H2,1-12H3,(H,75,87)(H,76,91)(H,77,92)/t45-,50-,51?,52-,53-,54-,55-,60-/m0/s1. The van der Waals surface area contributed by atoms with E-state index in [-0.39, 0.29) is 69.7 Å². The maximum atomic E-state index is 15.4. The minimum absolute atomic E-state index is 0.0194. The molecular weight excluding hydrogens is 1290 g/mol. The molecule has 3 saturated heterocycles. The monoisotopic (exact) mass is 1400 g/mol. The van der Waals surface area contributed by atoms with Crippen LogP contribution in [0.3, 0.4) is 0 Å². The van der Waals surface area contributed by atoms with Crippen molar-refractivity contribution in [3.63, 3.8) is 0 Å². The summed E-state index contributed by atoms with van der Waals surface area (Å²) in [5.74, 6) is -8.47. The molecule has 2 saturated carbocycles. The minimum Gasteiger partial charge on any atom is -0.343 e. The lowest BCUT2D eigenvalue weighted by Gasteiger charge is -2.41. The number of benzene rings is 1. The van der Waals surface area contributed by atoms with Crippen LogP contribution in [0.1, 0.15) is 181 Å². The third kappa shape index (κ3) is 20.3. The van der Waals surface area contributed by atoms with Crippen LogP contribution in [0.25, 0.3) is 0 Å². The van der Waals surface area contributed by atoms with Gasteiger partial charge in [-0.3, -0.25) is 57.5 Å². The van der Waals surface area contributed by atoms with Crippen LogP contribution < -0.4 is 16.0 Å². The van der Waals surface area contributed by atoms with Gasteiger partial charge in [0.15, 0.2) is 0 Å². The zero-order valence-corrected chi connectivity index (χ0v) is 60.5.